The molecule has 0 saturated heterocycles. The van der Waals surface area contributed by atoms with Gasteiger partial charge in [0.1, 0.15) is 5.78 Å². The molecule has 0 amide bonds. The molecule has 0 rings (SSSR count). The average Bonchev–Trinajstić information content (AvgIpc) is 2.03. The maximum absolute atomic E-state index is 10.2. The number of ketones is 1. The lowest BCUT2D eigenvalue weighted by molar-refractivity contribution is -0.116. The molecule has 0 unspecified atom stereocenters. The van der Waals surface area contributed by atoms with Gasteiger partial charge in [-0.3, -0.25) is 4.79 Å². The van der Waals surface area contributed by atoms with Gasteiger partial charge in [0, 0.05) is 6.42 Å². The zero-order valence-electron chi connectivity index (χ0n) is 7.81. The highest BCUT2D eigenvalue weighted by Crippen LogP contribution is 1.94. The largest absolute Gasteiger partial charge is 0.300 e. The van der Waals surface area contributed by atoms with Gasteiger partial charge in [0.15, 0.2) is 0 Å². The third kappa shape index (κ3) is 22.9. The van der Waals surface area contributed by atoms with Crippen molar-refractivity contribution in [3.8, 4) is 24.2 Å². The first-order chi connectivity index (χ1) is 5.68. The number of hydrogen-bond acceptors (Lipinski definition) is 2. The third-order valence-corrected chi connectivity index (χ3v) is 1.47. The Labute approximate surface area is 79.3 Å². The Kier molecular flexibility index (Phi) is 14.6. The first-order valence-electron chi connectivity index (χ1n) is 3.54. The van der Waals surface area contributed by atoms with Crippen LogP contribution in [0.1, 0.15) is 20.3 Å². The van der Waals surface area contributed by atoms with E-state index in [1.807, 2.05) is 6.26 Å². The second kappa shape index (κ2) is 12.8. The van der Waals surface area contributed by atoms with Crippen LogP contribution in [0.25, 0.3) is 0 Å². The predicted molar refractivity (Wildman–Crippen MR) is 56.0 cm³/mol. The van der Waals surface area contributed by atoms with E-state index in [4.69, 9.17) is 6.42 Å². The van der Waals surface area contributed by atoms with Crippen molar-refractivity contribution in [1.82, 2.24) is 0 Å². The molecule has 12 heavy (non-hydrogen) atoms. The highest BCUT2D eigenvalue weighted by Gasteiger charge is 1.87. The first-order valence-corrected chi connectivity index (χ1v) is 4.94. The van der Waals surface area contributed by atoms with Crippen LogP contribution >= 0.6 is 11.8 Å². The van der Waals surface area contributed by atoms with E-state index in [1.54, 1.807) is 25.6 Å². The minimum absolute atomic E-state index is 0.286. The molecule has 1 nitrogen and oxygen atoms in total. The van der Waals surface area contributed by atoms with Gasteiger partial charge in [-0.25, -0.2) is 0 Å². The number of carbonyl (C=O) groups excluding carboxylic acids is 1. The van der Waals surface area contributed by atoms with Crippen LogP contribution in [0.5, 0.6) is 0 Å². The van der Waals surface area contributed by atoms with E-state index in [1.165, 1.54) is 0 Å². The van der Waals surface area contributed by atoms with E-state index in [0.717, 1.165) is 12.2 Å². The zero-order chi connectivity index (χ0) is 9.82. The molecule has 66 valence electrons. The molecule has 0 aromatic carbocycles. The second-order valence-electron chi connectivity index (χ2n) is 1.96. The first kappa shape index (κ1) is 13.7. The van der Waals surface area contributed by atoms with Gasteiger partial charge in [0.05, 0.1) is 0 Å². The molecule has 0 bridgehead atoms. The fourth-order valence-electron chi connectivity index (χ4n) is 0.318. The van der Waals surface area contributed by atoms with Crippen molar-refractivity contribution in [2.75, 3.05) is 12.0 Å². The molecular formula is C10H14OS. The summed E-state index contributed by atoms with van der Waals surface area (Å²) >= 11 is 1.71. The Hall–Kier alpha value is -0.860. The van der Waals surface area contributed by atoms with Crippen molar-refractivity contribution >= 4 is 17.5 Å². The highest BCUT2D eigenvalue weighted by molar-refractivity contribution is 7.98. The Morgan fingerprint density at radius 1 is 1.58 bits per heavy atom. The summed E-state index contributed by atoms with van der Waals surface area (Å²) in [5.41, 5.74) is 0. The number of thioether (sulfide) groups is 1. The normalized spacial score (nSPS) is 6.50. The molecule has 0 aromatic heterocycles. The Morgan fingerprint density at radius 3 is 2.25 bits per heavy atom. The third-order valence-electron chi connectivity index (χ3n) is 0.855. The summed E-state index contributed by atoms with van der Waals surface area (Å²) in [6.45, 7) is 3.33. The molecule has 0 atom stereocenters. The van der Waals surface area contributed by atoms with Crippen LogP contribution in [0.3, 0.4) is 0 Å². The molecule has 0 heterocycles. The quantitative estimate of drug-likeness (QED) is 0.621. The maximum atomic E-state index is 10.2. The molecule has 0 aromatic rings. The standard InChI is InChI=1S/C5H10OS.C5H4/c1-5(6)3-4-7-2;1-3-5-4-2/h3-4H2,1-2H3;1H,2H3. The molecule has 0 aliphatic carbocycles. The van der Waals surface area contributed by atoms with Crippen LogP contribution in [-0.2, 0) is 4.79 Å². The van der Waals surface area contributed by atoms with Gasteiger partial charge in [-0.05, 0) is 37.7 Å². The Morgan fingerprint density at radius 2 is 2.17 bits per heavy atom. The van der Waals surface area contributed by atoms with Gasteiger partial charge in [-0.1, -0.05) is 5.92 Å². The van der Waals surface area contributed by atoms with Gasteiger partial charge in [-0.2, -0.15) is 11.8 Å². The number of Topliss-reactive ketones (excluding diaryl/α,β-unsaturated/α-hetero) is 1. The summed E-state index contributed by atoms with van der Waals surface area (Å²) in [5.74, 6) is 8.33. The van der Waals surface area contributed by atoms with Crippen LogP contribution in [-0.4, -0.2) is 17.8 Å². The van der Waals surface area contributed by atoms with Crippen molar-refractivity contribution in [2.24, 2.45) is 0 Å². The lowest BCUT2D eigenvalue weighted by Crippen LogP contribution is -1.89. The van der Waals surface area contributed by atoms with Gasteiger partial charge in [-0.15, -0.1) is 6.42 Å². The van der Waals surface area contributed by atoms with Gasteiger partial charge in [0.2, 0.25) is 0 Å². The smallest absolute Gasteiger partial charge is 0.130 e. The maximum Gasteiger partial charge on any atom is 0.130 e. The Balaban J connectivity index is 0. The van der Waals surface area contributed by atoms with Gasteiger partial charge >= 0.3 is 0 Å². The summed E-state index contributed by atoms with van der Waals surface area (Å²) < 4.78 is 0. The van der Waals surface area contributed by atoms with Crippen molar-refractivity contribution in [2.45, 2.75) is 20.3 Å². The summed E-state index contributed by atoms with van der Waals surface area (Å²) in [5, 5.41) is 0. The fraction of sp³-hybridized carbons (Fsp3) is 0.500. The average molecular weight is 182 g/mol. The van der Waals surface area contributed by atoms with Crippen LogP contribution in [0.2, 0.25) is 0 Å². The van der Waals surface area contributed by atoms with E-state index >= 15 is 0 Å². The van der Waals surface area contributed by atoms with Gasteiger partial charge in [0.25, 0.3) is 0 Å². The van der Waals surface area contributed by atoms with Crippen LogP contribution in [0.15, 0.2) is 0 Å². The summed E-state index contributed by atoms with van der Waals surface area (Å²) in [4.78, 5) is 10.2. The topological polar surface area (TPSA) is 17.1 Å². The molecule has 2 heteroatoms. The monoisotopic (exact) mass is 182 g/mol. The summed E-state index contributed by atoms with van der Waals surface area (Å²) in [6, 6.07) is 0. The number of terminal acetylenes is 1. The molecule has 0 N–H and O–H groups in total. The zero-order valence-corrected chi connectivity index (χ0v) is 8.62. The molecule has 0 saturated carbocycles. The van der Waals surface area contributed by atoms with Crippen molar-refractivity contribution in [3.63, 3.8) is 0 Å². The van der Waals surface area contributed by atoms with Gasteiger partial charge < -0.3 is 0 Å². The summed E-state index contributed by atoms with van der Waals surface area (Å²) in [6.07, 6.45) is 7.44. The molecule has 0 aliphatic rings. The van der Waals surface area contributed by atoms with E-state index < -0.39 is 0 Å². The molecular weight excluding hydrogens is 168 g/mol. The SMILES string of the molecule is C#CC#CC.CSCCC(C)=O. The number of rotatable bonds is 3. The second-order valence-corrected chi connectivity index (χ2v) is 2.95. The summed E-state index contributed by atoms with van der Waals surface area (Å²) in [7, 11) is 0. The molecule has 0 radical (unpaired) electrons. The van der Waals surface area contributed by atoms with Crippen LogP contribution in [0, 0.1) is 24.2 Å². The van der Waals surface area contributed by atoms with Crippen molar-refractivity contribution < 1.29 is 4.79 Å². The molecule has 0 aliphatic heterocycles. The molecule has 0 fully saturated rings. The Bertz CT molecular complexity index is 202. The van der Waals surface area contributed by atoms with E-state index in [2.05, 4.69) is 17.8 Å². The lowest BCUT2D eigenvalue weighted by Gasteiger charge is -1.86. The lowest BCUT2D eigenvalue weighted by atomic mass is 10.4. The van der Waals surface area contributed by atoms with Crippen molar-refractivity contribution in [3.05, 3.63) is 0 Å². The highest BCUT2D eigenvalue weighted by atomic mass is 32.2. The van der Waals surface area contributed by atoms with E-state index in [9.17, 15) is 4.79 Å². The van der Waals surface area contributed by atoms with Crippen molar-refractivity contribution in [1.29, 1.82) is 0 Å². The molecule has 0 spiro atoms. The van der Waals surface area contributed by atoms with E-state index in [-0.39, 0.29) is 5.78 Å². The van der Waals surface area contributed by atoms with E-state index in [0.29, 0.717) is 0 Å². The minimum atomic E-state index is 0.286. The predicted octanol–water partition coefficient (Wildman–Crippen LogP) is 1.97. The van der Waals surface area contributed by atoms with Crippen LogP contribution in [0.4, 0.5) is 0 Å². The minimum Gasteiger partial charge on any atom is -0.300 e. The van der Waals surface area contributed by atoms with Crippen LogP contribution < -0.4 is 0 Å². The number of carbonyl (C=O) groups is 1. The number of hydrogen-bond donors (Lipinski definition) is 0. The fourth-order valence-corrected chi connectivity index (χ4v) is 0.810.